The maximum atomic E-state index is 12.3. The number of hydrogen-bond donors (Lipinski definition) is 2. The van der Waals surface area contributed by atoms with E-state index in [-0.39, 0.29) is 5.91 Å². The molecule has 1 fully saturated rings. The van der Waals surface area contributed by atoms with Crippen LogP contribution in [-0.4, -0.2) is 42.0 Å². The van der Waals surface area contributed by atoms with E-state index in [4.69, 9.17) is 12.2 Å². The molecule has 4 nitrogen and oxygen atoms in total. The Morgan fingerprint density at radius 2 is 2.15 bits per heavy atom. The van der Waals surface area contributed by atoms with Crippen molar-refractivity contribution in [1.29, 1.82) is 0 Å². The van der Waals surface area contributed by atoms with Gasteiger partial charge in [0.05, 0.1) is 6.54 Å². The van der Waals surface area contributed by atoms with Gasteiger partial charge in [-0.2, -0.15) is 0 Å². The van der Waals surface area contributed by atoms with Crippen molar-refractivity contribution >= 4 is 5.91 Å². The summed E-state index contributed by atoms with van der Waals surface area (Å²) in [7, 11) is 0. The SMILES string of the molecule is C#CC(CC)(CC)NC(=O)CN1CCC(C)CC1CN. The van der Waals surface area contributed by atoms with Gasteiger partial charge in [0, 0.05) is 12.6 Å². The van der Waals surface area contributed by atoms with E-state index >= 15 is 0 Å². The summed E-state index contributed by atoms with van der Waals surface area (Å²) in [5.41, 5.74) is 5.33. The Labute approximate surface area is 123 Å². The number of likely N-dealkylation sites (tertiary alicyclic amines) is 1. The highest BCUT2D eigenvalue weighted by Gasteiger charge is 2.30. The largest absolute Gasteiger partial charge is 0.339 e. The van der Waals surface area contributed by atoms with Crippen LogP contribution in [0.25, 0.3) is 0 Å². The molecule has 1 rings (SSSR count). The van der Waals surface area contributed by atoms with E-state index in [1.807, 2.05) is 13.8 Å². The summed E-state index contributed by atoms with van der Waals surface area (Å²) in [6.07, 6.45) is 9.30. The molecular weight excluding hydrogens is 250 g/mol. The standard InChI is InChI=1S/C16H29N3O/c1-5-16(6-2,7-3)18-15(20)12-19-9-8-13(4)10-14(19)11-17/h1,13-14H,6-12,17H2,2-4H3,(H,18,20). The van der Waals surface area contributed by atoms with Gasteiger partial charge in [-0.15, -0.1) is 6.42 Å². The second-order valence-electron chi connectivity index (χ2n) is 5.97. The maximum absolute atomic E-state index is 12.3. The lowest BCUT2D eigenvalue weighted by Crippen LogP contribution is -2.54. The van der Waals surface area contributed by atoms with E-state index in [9.17, 15) is 4.79 Å². The lowest BCUT2D eigenvalue weighted by atomic mass is 9.92. The molecule has 0 aromatic rings. The average Bonchev–Trinajstić information content (AvgIpc) is 2.46. The van der Waals surface area contributed by atoms with Gasteiger partial charge in [-0.3, -0.25) is 9.69 Å². The van der Waals surface area contributed by atoms with Crippen LogP contribution >= 0.6 is 0 Å². The monoisotopic (exact) mass is 279 g/mol. The second kappa shape index (κ2) is 7.66. The summed E-state index contributed by atoms with van der Waals surface area (Å²) in [6, 6.07) is 0.313. The van der Waals surface area contributed by atoms with Crippen molar-refractivity contribution in [2.45, 2.75) is 58.0 Å². The zero-order valence-electron chi connectivity index (χ0n) is 13.1. The Bertz CT molecular complexity index is 357. The molecule has 0 spiro atoms. The fourth-order valence-corrected chi connectivity index (χ4v) is 2.91. The summed E-state index contributed by atoms with van der Waals surface area (Å²) in [4.78, 5) is 14.5. The van der Waals surface area contributed by atoms with Crippen molar-refractivity contribution < 1.29 is 4.79 Å². The molecule has 1 saturated heterocycles. The number of carbonyl (C=O) groups excluding carboxylic acids is 1. The number of carbonyl (C=O) groups is 1. The molecule has 1 amide bonds. The maximum Gasteiger partial charge on any atom is 0.235 e. The summed E-state index contributed by atoms with van der Waals surface area (Å²) in [5.74, 6) is 3.45. The zero-order chi connectivity index (χ0) is 15.2. The van der Waals surface area contributed by atoms with Crippen molar-refractivity contribution in [2.75, 3.05) is 19.6 Å². The Kier molecular flexibility index (Phi) is 6.51. The van der Waals surface area contributed by atoms with Gasteiger partial charge in [-0.05, 0) is 38.1 Å². The average molecular weight is 279 g/mol. The predicted molar refractivity (Wildman–Crippen MR) is 83.1 cm³/mol. The van der Waals surface area contributed by atoms with Gasteiger partial charge in [-0.1, -0.05) is 26.7 Å². The normalized spacial score (nSPS) is 24.1. The fraction of sp³-hybridized carbons (Fsp3) is 0.812. The molecule has 0 radical (unpaired) electrons. The van der Waals surface area contributed by atoms with E-state index < -0.39 is 5.54 Å². The summed E-state index contributed by atoms with van der Waals surface area (Å²) in [6.45, 7) is 8.22. The molecular formula is C16H29N3O. The molecule has 1 aliphatic heterocycles. The second-order valence-corrected chi connectivity index (χ2v) is 5.97. The Balaban J connectivity index is 2.59. The summed E-state index contributed by atoms with van der Waals surface area (Å²) in [5, 5.41) is 3.03. The number of terminal acetylenes is 1. The van der Waals surface area contributed by atoms with Crippen LogP contribution in [0.3, 0.4) is 0 Å². The van der Waals surface area contributed by atoms with Gasteiger partial charge in [-0.25, -0.2) is 0 Å². The molecule has 0 aromatic heterocycles. The molecule has 0 saturated carbocycles. The fourth-order valence-electron chi connectivity index (χ4n) is 2.91. The van der Waals surface area contributed by atoms with Crippen molar-refractivity contribution in [3.8, 4) is 12.3 Å². The molecule has 0 bridgehead atoms. The van der Waals surface area contributed by atoms with Crippen LogP contribution in [0.5, 0.6) is 0 Å². The Morgan fingerprint density at radius 3 is 2.65 bits per heavy atom. The Hall–Kier alpha value is -1.05. The number of rotatable bonds is 6. The smallest absolute Gasteiger partial charge is 0.235 e. The van der Waals surface area contributed by atoms with E-state index in [0.29, 0.717) is 25.0 Å². The van der Waals surface area contributed by atoms with Crippen molar-refractivity contribution in [2.24, 2.45) is 11.7 Å². The first kappa shape index (κ1) is 17.0. The summed E-state index contributed by atoms with van der Waals surface area (Å²) >= 11 is 0. The number of amides is 1. The third-order valence-electron chi connectivity index (χ3n) is 4.58. The van der Waals surface area contributed by atoms with Crippen LogP contribution in [0, 0.1) is 18.3 Å². The van der Waals surface area contributed by atoms with E-state index in [1.54, 1.807) is 0 Å². The quantitative estimate of drug-likeness (QED) is 0.722. The minimum absolute atomic E-state index is 0.0136. The lowest BCUT2D eigenvalue weighted by Gasteiger charge is -2.38. The van der Waals surface area contributed by atoms with Crippen molar-refractivity contribution in [1.82, 2.24) is 10.2 Å². The molecule has 0 aromatic carbocycles. The van der Waals surface area contributed by atoms with Gasteiger partial charge in [0.15, 0.2) is 0 Å². The van der Waals surface area contributed by atoms with Crippen LogP contribution in [0.1, 0.15) is 46.5 Å². The van der Waals surface area contributed by atoms with Crippen molar-refractivity contribution in [3.05, 3.63) is 0 Å². The van der Waals surface area contributed by atoms with Gasteiger partial charge in [0.2, 0.25) is 5.91 Å². The lowest BCUT2D eigenvalue weighted by molar-refractivity contribution is -0.124. The van der Waals surface area contributed by atoms with E-state index in [2.05, 4.69) is 23.1 Å². The van der Waals surface area contributed by atoms with Crippen LogP contribution in [0.15, 0.2) is 0 Å². The number of nitrogens with zero attached hydrogens (tertiary/aromatic N) is 1. The predicted octanol–water partition coefficient (Wildman–Crippen LogP) is 1.35. The molecule has 2 atom stereocenters. The van der Waals surface area contributed by atoms with Crippen LogP contribution in [0.4, 0.5) is 0 Å². The number of hydrogen-bond acceptors (Lipinski definition) is 3. The highest BCUT2D eigenvalue weighted by atomic mass is 16.2. The minimum atomic E-state index is -0.502. The first-order valence-electron chi connectivity index (χ1n) is 7.73. The molecule has 0 aliphatic carbocycles. The van der Waals surface area contributed by atoms with Gasteiger partial charge < -0.3 is 11.1 Å². The minimum Gasteiger partial charge on any atom is -0.339 e. The molecule has 3 N–H and O–H groups in total. The zero-order valence-corrected chi connectivity index (χ0v) is 13.1. The van der Waals surface area contributed by atoms with Gasteiger partial charge >= 0.3 is 0 Å². The number of nitrogens with one attached hydrogen (secondary N) is 1. The molecule has 2 unspecified atom stereocenters. The van der Waals surface area contributed by atoms with Crippen LogP contribution in [-0.2, 0) is 4.79 Å². The first-order chi connectivity index (χ1) is 9.50. The molecule has 4 heteroatoms. The molecule has 1 heterocycles. The van der Waals surface area contributed by atoms with Gasteiger partial charge in [0.25, 0.3) is 0 Å². The van der Waals surface area contributed by atoms with E-state index in [0.717, 1.165) is 32.2 Å². The topological polar surface area (TPSA) is 58.4 Å². The third kappa shape index (κ3) is 4.22. The van der Waals surface area contributed by atoms with Crippen LogP contribution < -0.4 is 11.1 Å². The van der Waals surface area contributed by atoms with Crippen LogP contribution in [0.2, 0.25) is 0 Å². The highest BCUT2D eigenvalue weighted by molar-refractivity contribution is 5.79. The van der Waals surface area contributed by atoms with Crippen molar-refractivity contribution in [3.63, 3.8) is 0 Å². The van der Waals surface area contributed by atoms with Gasteiger partial charge in [0.1, 0.15) is 5.54 Å². The first-order valence-corrected chi connectivity index (χ1v) is 7.73. The molecule has 1 aliphatic rings. The highest BCUT2D eigenvalue weighted by Crippen LogP contribution is 2.21. The van der Waals surface area contributed by atoms with E-state index in [1.165, 1.54) is 0 Å². The molecule has 114 valence electrons. The Morgan fingerprint density at radius 1 is 1.50 bits per heavy atom. The number of nitrogens with two attached hydrogens (primary N) is 1. The summed E-state index contributed by atoms with van der Waals surface area (Å²) < 4.78 is 0. The number of piperidine rings is 1. The molecule has 20 heavy (non-hydrogen) atoms. The third-order valence-corrected chi connectivity index (χ3v) is 4.58.